The maximum Gasteiger partial charge on any atom is 0.270 e. The largest absolute Gasteiger partial charge is 0.497 e. The molecule has 24 heavy (non-hydrogen) atoms. The Hall–Kier alpha value is -2.76. The number of rotatable bonds is 4. The topological polar surface area (TPSA) is 54.8 Å². The van der Waals surface area contributed by atoms with Gasteiger partial charge in [0.2, 0.25) is 5.91 Å². The fraction of sp³-hybridized carbons (Fsp3) is 0.333. The Kier molecular flexibility index (Phi) is 4.55. The molecule has 0 spiro atoms. The third-order valence-corrected chi connectivity index (χ3v) is 4.28. The second-order valence-electron chi connectivity index (χ2n) is 5.90. The van der Waals surface area contributed by atoms with E-state index in [1.165, 1.54) is 0 Å². The Labute approximate surface area is 141 Å². The second kappa shape index (κ2) is 6.78. The number of benzene rings is 1. The standard InChI is InChI=1S/C18H21N3O3/c1-19-8-4-7-16(19)18(23)21-10-9-20(17(22)13-21)12-14-5-3-6-15(11-14)24-2/h3-8,11H,9-10,12-13H2,1-2H3. The fourth-order valence-electron chi connectivity index (χ4n) is 2.89. The summed E-state index contributed by atoms with van der Waals surface area (Å²) in [5.41, 5.74) is 1.62. The second-order valence-corrected chi connectivity index (χ2v) is 5.90. The van der Waals surface area contributed by atoms with Crippen LogP contribution in [-0.4, -0.2) is 52.9 Å². The lowest BCUT2D eigenvalue weighted by molar-refractivity contribution is -0.135. The summed E-state index contributed by atoms with van der Waals surface area (Å²) in [6.45, 7) is 1.72. The molecular formula is C18H21N3O3. The normalized spacial score (nSPS) is 14.8. The Bertz CT molecular complexity index is 753. The first kappa shape index (κ1) is 16.1. The summed E-state index contributed by atoms with van der Waals surface area (Å²) in [5, 5.41) is 0. The molecule has 1 aliphatic rings. The highest BCUT2D eigenvalue weighted by Crippen LogP contribution is 2.16. The van der Waals surface area contributed by atoms with Gasteiger partial charge in [0, 0.05) is 32.9 Å². The minimum atomic E-state index is -0.100. The molecule has 0 aliphatic carbocycles. The van der Waals surface area contributed by atoms with Gasteiger partial charge in [0.25, 0.3) is 5.91 Å². The number of amides is 2. The van der Waals surface area contributed by atoms with Crippen LogP contribution in [0.25, 0.3) is 0 Å². The smallest absolute Gasteiger partial charge is 0.270 e. The van der Waals surface area contributed by atoms with Crippen molar-refractivity contribution in [1.29, 1.82) is 0 Å². The van der Waals surface area contributed by atoms with E-state index in [0.29, 0.717) is 25.3 Å². The van der Waals surface area contributed by atoms with Gasteiger partial charge in [0.1, 0.15) is 18.0 Å². The van der Waals surface area contributed by atoms with Crippen LogP contribution in [0, 0.1) is 0 Å². The molecule has 0 bridgehead atoms. The van der Waals surface area contributed by atoms with Gasteiger partial charge in [-0.05, 0) is 29.8 Å². The number of carbonyl (C=O) groups excluding carboxylic acids is 2. The molecule has 0 unspecified atom stereocenters. The van der Waals surface area contributed by atoms with Crippen molar-refractivity contribution in [3.63, 3.8) is 0 Å². The molecule has 1 aromatic carbocycles. The van der Waals surface area contributed by atoms with Crippen LogP contribution in [0.4, 0.5) is 0 Å². The minimum Gasteiger partial charge on any atom is -0.497 e. The van der Waals surface area contributed by atoms with E-state index in [9.17, 15) is 9.59 Å². The van der Waals surface area contributed by atoms with Gasteiger partial charge in [-0.3, -0.25) is 9.59 Å². The third-order valence-electron chi connectivity index (χ3n) is 4.28. The van der Waals surface area contributed by atoms with Crippen LogP contribution in [0.2, 0.25) is 0 Å². The maximum atomic E-state index is 12.5. The number of carbonyl (C=O) groups is 2. The monoisotopic (exact) mass is 327 g/mol. The third kappa shape index (κ3) is 3.27. The van der Waals surface area contributed by atoms with Crippen LogP contribution < -0.4 is 4.74 Å². The van der Waals surface area contributed by atoms with E-state index in [0.717, 1.165) is 11.3 Å². The van der Waals surface area contributed by atoms with Gasteiger partial charge in [-0.2, -0.15) is 0 Å². The van der Waals surface area contributed by atoms with Gasteiger partial charge >= 0.3 is 0 Å². The molecule has 6 heteroatoms. The molecule has 6 nitrogen and oxygen atoms in total. The molecule has 2 heterocycles. The number of aryl methyl sites for hydroxylation is 1. The summed E-state index contributed by atoms with van der Waals surface area (Å²) in [4.78, 5) is 28.3. The quantitative estimate of drug-likeness (QED) is 0.855. The van der Waals surface area contributed by atoms with Crippen LogP contribution in [0.3, 0.4) is 0 Å². The Morgan fingerprint density at radius 2 is 2.04 bits per heavy atom. The van der Waals surface area contributed by atoms with Gasteiger partial charge in [0.15, 0.2) is 0 Å². The summed E-state index contributed by atoms with van der Waals surface area (Å²) >= 11 is 0. The molecule has 0 atom stereocenters. The molecule has 2 amide bonds. The predicted molar refractivity (Wildman–Crippen MR) is 89.7 cm³/mol. The maximum absolute atomic E-state index is 12.5. The van der Waals surface area contributed by atoms with E-state index in [-0.39, 0.29) is 18.4 Å². The van der Waals surface area contributed by atoms with Crippen molar-refractivity contribution in [2.24, 2.45) is 7.05 Å². The molecule has 1 aliphatic heterocycles. The zero-order chi connectivity index (χ0) is 17.1. The van der Waals surface area contributed by atoms with Gasteiger partial charge in [0.05, 0.1) is 7.11 Å². The lowest BCUT2D eigenvalue weighted by Crippen LogP contribution is -2.52. The lowest BCUT2D eigenvalue weighted by Gasteiger charge is -2.34. The van der Waals surface area contributed by atoms with E-state index in [1.807, 2.05) is 43.6 Å². The molecule has 2 aromatic rings. The molecule has 1 saturated heterocycles. The summed E-state index contributed by atoms with van der Waals surface area (Å²) in [5.74, 6) is 0.640. The number of ether oxygens (including phenoxy) is 1. The lowest BCUT2D eigenvalue weighted by atomic mass is 10.1. The SMILES string of the molecule is COc1cccc(CN2CCN(C(=O)c3cccn3C)CC2=O)c1. The van der Waals surface area contributed by atoms with Crippen LogP contribution in [-0.2, 0) is 18.4 Å². The number of hydrogen-bond donors (Lipinski definition) is 0. The van der Waals surface area contributed by atoms with E-state index in [4.69, 9.17) is 4.74 Å². The number of hydrogen-bond acceptors (Lipinski definition) is 3. The van der Waals surface area contributed by atoms with Crippen molar-refractivity contribution >= 4 is 11.8 Å². The van der Waals surface area contributed by atoms with Crippen molar-refractivity contribution in [3.8, 4) is 5.75 Å². The van der Waals surface area contributed by atoms with E-state index in [2.05, 4.69) is 0 Å². The molecule has 0 N–H and O–H groups in total. The van der Waals surface area contributed by atoms with Crippen LogP contribution in [0.15, 0.2) is 42.6 Å². The Morgan fingerprint density at radius 3 is 2.71 bits per heavy atom. The molecule has 1 aromatic heterocycles. The fourth-order valence-corrected chi connectivity index (χ4v) is 2.89. The Morgan fingerprint density at radius 1 is 1.21 bits per heavy atom. The van der Waals surface area contributed by atoms with Crippen molar-refractivity contribution in [2.45, 2.75) is 6.54 Å². The van der Waals surface area contributed by atoms with Crippen molar-refractivity contribution < 1.29 is 14.3 Å². The summed E-state index contributed by atoms with van der Waals surface area (Å²) in [7, 11) is 3.45. The average molecular weight is 327 g/mol. The zero-order valence-corrected chi connectivity index (χ0v) is 13.9. The predicted octanol–water partition coefficient (Wildman–Crippen LogP) is 1.52. The Balaban J connectivity index is 1.64. The highest BCUT2D eigenvalue weighted by molar-refractivity contribution is 5.95. The van der Waals surface area contributed by atoms with Crippen LogP contribution in [0.1, 0.15) is 16.1 Å². The summed E-state index contributed by atoms with van der Waals surface area (Å²) < 4.78 is 6.99. The molecule has 0 radical (unpaired) electrons. The van der Waals surface area contributed by atoms with Crippen molar-refractivity contribution in [3.05, 3.63) is 53.9 Å². The summed E-state index contributed by atoms with van der Waals surface area (Å²) in [6.07, 6.45) is 1.83. The van der Waals surface area contributed by atoms with Gasteiger partial charge in [-0.15, -0.1) is 0 Å². The minimum absolute atomic E-state index is 0.0355. The number of aromatic nitrogens is 1. The first-order valence-corrected chi connectivity index (χ1v) is 7.90. The number of piperazine rings is 1. The molecular weight excluding hydrogens is 306 g/mol. The molecule has 3 rings (SSSR count). The number of methoxy groups -OCH3 is 1. The number of nitrogens with zero attached hydrogens (tertiary/aromatic N) is 3. The average Bonchev–Trinajstić information content (AvgIpc) is 3.02. The van der Waals surface area contributed by atoms with E-state index in [1.54, 1.807) is 27.5 Å². The first-order valence-electron chi connectivity index (χ1n) is 7.90. The summed E-state index contributed by atoms with van der Waals surface area (Å²) in [6, 6.07) is 11.3. The molecule has 1 fully saturated rings. The van der Waals surface area contributed by atoms with Crippen molar-refractivity contribution in [1.82, 2.24) is 14.4 Å². The van der Waals surface area contributed by atoms with E-state index >= 15 is 0 Å². The van der Waals surface area contributed by atoms with E-state index < -0.39 is 0 Å². The molecule has 0 saturated carbocycles. The molecule has 126 valence electrons. The highest BCUT2D eigenvalue weighted by Gasteiger charge is 2.28. The zero-order valence-electron chi connectivity index (χ0n) is 13.9. The van der Waals surface area contributed by atoms with Gasteiger partial charge in [-0.25, -0.2) is 0 Å². The van der Waals surface area contributed by atoms with Crippen molar-refractivity contribution in [2.75, 3.05) is 26.7 Å². The van der Waals surface area contributed by atoms with Crippen LogP contribution >= 0.6 is 0 Å². The van der Waals surface area contributed by atoms with Gasteiger partial charge < -0.3 is 19.1 Å². The highest BCUT2D eigenvalue weighted by atomic mass is 16.5. The first-order chi connectivity index (χ1) is 11.6. The van der Waals surface area contributed by atoms with Crippen LogP contribution in [0.5, 0.6) is 5.75 Å². The van der Waals surface area contributed by atoms with Gasteiger partial charge in [-0.1, -0.05) is 12.1 Å².